The molecule has 0 bridgehead atoms. The first kappa shape index (κ1) is 14.8. The Morgan fingerprint density at radius 1 is 1.05 bits per heavy atom. The van der Waals surface area contributed by atoms with E-state index in [0.29, 0.717) is 10.7 Å². The molecular weight excluding hydrogens is 312 g/mol. The first-order chi connectivity index (χ1) is 9.29. The molecule has 3 N–H and O–H groups in total. The van der Waals surface area contributed by atoms with Gasteiger partial charge in [-0.25, -0.2) is 0 Å². The molecule has 0 saturated carbocycles. The zero-order valence-corrected chi connectivity index (χ0v) is 11.4. The molecule has 7 heteroatoms. The molecule has 2 aromatic carbocycles. The van der Waals surface area contributed by atoms with Crippen molar-refractivity contribution >= 4 is 40.3 Å². The minimum atomic E-state index is -4.51. The van der Waals surface area contributed by atoms with Crippen molar-refractivity contribution < 1.29 is 13.2 Å². The Bertz CT molecular complexity index is 642. The molecule has 0 heterocycles. The monoisotopic (exact) mass is 320 g/mol. The first-order valence-electron chi connectivity index (χ1n) is 5.47. The number of hydrogen-bond acceptors (Lipinski definition) is 2. The second-order valence-electron chi connectivity index (χ2n) is 4.03. The van der Waals surface area contributed by atoms with Crippen LogP contribution in [0.3, 0.4) is 0 Å². The number of hydrogen-bond donors (Lipinski definition) is 2. The molecule has 2 aromatic rings. The highest BCUT2D eigenvalue weighted by Crippen LogP contribution is 2.37. The Morgan fingerprint density at radius 3 is 2.40 bits per heavy atom. The van der Waals surface area contributed by atoms with Crippen LogP contribution in [-0.2, 0) is 6.18 Å². The Morgan fingerprint density at radius 2 is 1.75 bits per heavy atom. The molecule has 0 aliphatic carbocycles. The number of alkyl halides is 3. The van der Waals surface area contributed by atoms with Gasteiger partial charge in [0.25, 0.3) is 0 Å². The second-order valence-corrected chi connectivity index (χ2v) is 4.81. The van der Waals surface area contributed by atoms with Crippen LogP contribution in [0.1, 0.15) is 5.56 Å². The predicted molar refractivity (Wildman–Crippen MR) is 75.6 cm³/mol. The summed E-state index contributed by atoms with van der Waals surface area (Å²) in [6.45, 7) is 0. The third kappa shape index (κ3) is 3.11. The van der Waals surface area contributed by atoms with E-state index in [4.69, 9.17) is 28.9 Å². The van der Waals surface area contributed by atoms with Gasteiger partial charge in [-0.3, -0.25) is 0 Å². The summed E-state index contributed by atoms with van der Waals surface area (Å²) in [7, 11) is 0. The minimum absolute atomic E-state index is 0.218. The van der Waals surface area contributed by atoms with E-state index in [1.54, 1.807) is 18.2 Å². The Hall–Kier alpha value is -1.59. The Balaban J connectivity index is 2.38. The van der Waals surface area contributed by atoms with Crippen molar-refractivity contribution in [3.63, 3.8) is 0 Å². The zero-order chi connectivity index (χ0) is 14.9. The molecular formula is C13H9Cl2F3N2. The van der Waals surface area contributed by atoms with E-state index in [9.17, 15) is 13.2 Å². The molecule has 0 aliphatic rings. The second kappa shape index (κ2) is 5.42. The molecule has 0 aliphatic heterocycles. The summed E-state index contributed by atoms with van der Waals surface area (Å²) in [6.07, 6.45) is -4.51. The fourth-order valence-corrected chi connectivity index (χ4v) is 1.98. The molecule has 0 atom stereocenters. The van der Waals surface area contributed by atoms with Crippen molar-refractivity contribution in [2.24, 2.45) is 0 Å². The third-order valence-electron chi connectivity index (χ3n) is 2.59. The molecule has 106 valence electrons. The smallest absolute Gasteiger partial charge is 0.398 e. The van der Waals surface area contributed by atoms with E-state index in [2.05, 4.69) is 5.32 Å². The van der Waals surface area contributed by atoms with Crippen molar-refractivity contribution in [3.05, 3.63) is 52.0 Å². The lowest BCUT2D eigenvalue weighted by Gasteiger charge is -2.14. The SMILES string of the molecule is Nc1ccc(Nc2cccc(Cl)c2Cl)cc1C(F)(F)F. The van der Waals surface area contributed by atoms with Gasteiger partial charge in [-0.2, -0.15) is 13.2 Å². The van der Waals surface area contributed by atoms with Gasteiger partial charge in [0.15, 0.2) is 0 Å². The number of halogens is 5. The average Bonchev–Trinajstić information content (AvgIpc) is 2.36. The zero-order valence-electron chi connectivity index (χ0n) is 9.93. The molecule has 20 heavy (non-hydrogen) atoms. The van der Waals surface area contributed by atoms with Crippen LogP contribution in [0.25, 0.3) is 0 Å². The fraction of sp³-hybridized carbons (Fsp3) is 0.0769. The van der Waals surface area contributed by atoms with Gasteiger partial charge in [0.05, 0.1) is 21.3 Å². The van der Waals surface area contributed by atoms with Gasteiger partial charge in [-0.15, -0.1) is 0 Å². The van der Waals surface area contributed by atoms with Crippen molar-refractivity contribution in [2.75, 3.05) is 11.1 Å². The van der Waals surface area contributed by atoms with Gasteiger partial charge in [0.2, 0.25) is 0 Å². The van der Waals surface area contributed by atoms with Gasteiger partial charge in [-0.1, -0.05) is 29.3 Å². The van der Waals surface area contributed by atoms with E-state index in [1.165, 1.54) is 12.1 Å². The number of rotatable bonds is 2. The molecule has 0 saturated heterocycles. The Labute approximate surface area is 123 Å². The highest BCUT2D eigenvalue weighted by atomic mass is 35.5. The highest BCUT2D eigenvalue weighted by Gasteiger charge is 2.33. The summed E-state index contributed by atoms with van der Waals surface area (Å²) >= 11 is 11.8. The number of anilines is 3. The maximum absolute atomic E-state index is 12.8. The lowest BCUT2D eigenvalue weighted by molar-refractivity contribution is -0.136. The molecule has 0 amide bonds. The topological polar surface area (TPSA) is 38.0 Å². The van der Waals surface area contributed by atoms with Crippen LogP contribution in [0.2, 0.25) is 10.0 Å². The van der Waals surface area contributed by atoms with Crippen molar-refractivity contribution in [1.82, 2.24) is 0 Å². The van der Waals surface area contributed by atoms with E-state index >= 15 is 0 Å². The van der Waals surface area contributed by atoms with Crippen molar-refractivity contribution in [3.8, 4) is 0 Å². The minimum Gasteiger partial charge on any atom is -0.398 e. The van der Waals surface area contributed by atoms with Crippen LogP contribution in [0.5, 0.6) is 0 Å². The summed E-state index contributed by atoms with van der Waals surface area (Å²) < 4.78 is 38.3. The molecule has 2 rings (SSSR count). The van der Waals surface area contributed by atoms with Crippen LogP contribution in [-0.4, -0.2) is 0 Å². The molecule has 0 unspecified atom stereocenters. The van der Waals surface area contributed by atoms with Gasteiger partial charge in [0, 0.05) is 11.4 Å². The maximum atomic E-state index is 12.8. The van der Waals surface area contributed by atoms with Crippen LogP contribution in [0.4, 0.5) is 30.2 Å². The largest absolute Gasteiger partial charge is 0.418 e. The van der Waals surface area contributed by atoms with Crippen LogP contribution in [0, 0.1) is 0 Å². The fourth-order valence-electron chi connectivity index (χ4n) is 1.64. The average molecular weight is 321 g/mol. The summed E-state index contributed by atoms with van der Waals surface area (Å²) in [5, 5.41) is 3.32. The van der Waals surface area contributed by atoms with E-state index in [0.717, 1.165) is 6.07 Å². The van der Waals surface area contributed by atoms with Crippen LogP contribution in [0.15, 0.2) is 36.4 Å². The predicted octanol–water partition coefficient (Wildman–Crippen LogP) is 5.34. The number of nitrogens with one attached hydrogen (secondary N) is 1. The van der Waals surface area contributed by atoms with E-state index < -0.39 is 11.7 Å². The van der Waals surface area contributed by atoms with Gasteiger partial charge >= 0.3 is 6.18 Å². The molecule has 0 fully saturated rings. The van der Waals surface area contributed by atoms with Crippen LogP contribution < -0.4 is 11.1 Å². The lowest BCUT2D eigenvalue weighted by Crippen LogP contribution is -2.09. The van der Waals surface area contributed by atoms with Gasteiger partial charge in [0.1, 0.15) is 0 Å². The molecule has 0 spiro atoms. The standard InChI is InChI=1S/C13H9Cl2F3N2/c14-9-2-1-3-11(12(9)15)20-7-4-5-10(19)8(6-7)13(16,17)18/h1-6,20H,19H2. The first-order valence-corrected chi connectivity index (χ1v) is 6.22. The molecule has 0 radical (unpaired) electrons. The maximum Gasteiger partial charge on any atom is 0.418 e. The number of nitrogen functional groups attached to an aromatic ring is 1. The van der Waals surface area contributed by atoms with E-state index in [-0.39, 0.29) is 16.4 Å². The highest BCUT2D eigenvalue weighted by molar-refractivity contribution is 6.43. The van der Waals surface area contributed by atoms with E-state index in [1.807, 2.05) is 0 Å². The normalized spacial score (nSPS) is 11.4. The molecule has 0 aromatic heterocycles. The number of benzene rings is 2. The summed E-state index contributed by atoms with van der Waals surface area (Å²) in [5.41, 5.74) is 4.72. The Kier molecular flexibility index (Phi) is 4.01. The van der Waals surface area contributed by atoms with Gasteiger partial charge < -0.3 is 11.1 Å². The van der Waals surface area contributed by atoms with Crippen LogP contribution >= 0.6 is 23.2 Å². The van der Waals surface area contributed by atoms with Crippen molar-refractivity contribution in [2.45, 2.75) is 6.18 Å². The molecule has 2 nitrogen and oxygen atoms in total. The summed E-state index contributed by atoms with van der Waals surface area (Å²) in [5.74, 6) is 0. The number of nitrogens with two attached hydrogens (primary N) is 1. The lowest BCUT2D eigenvalue weighted by atomic mass is 10.1. The van der Waals surface area contributed by atoms with Crippen molar-refractivity contribution in [1.29, 1.82) is 0 Å². The quantitative estimate of drug-likeness (QED) is 0.733. The summed E-state index contributed by atoms with van der Waals surface area (Å²) in [6, 6.07) is 8.37. The summed E-state index contributed by atoms with van der Waals surface area (Å²) in [4.78, 5) is 0. The van der Waals surface area contributed by atoms with Gasteiger partial charge in [-0.05, 0) is 30.3 Å². The third-order valence-corrected chi connectivity index (χ3v) is 3.41.